The first-order valence-corrected chi connectivity index (χ1v) is 9.09. The van der Waals surface area contributed by atoms with E-state index in [9.17, 15) is 8.42 Å². The van der Waals surface area contributed by atoms with E-state index in [1.165, 1.54) is 0 Å². The lowest BCUT2D eigenvalue weighted by Gasteiger charge is -2.14. The van der Waals surface area contributed by atoms with Gasteiger partial charge in [0, 0.05) is 0 Å². The number of anilines is 1. The Balaban J connectivity index is 1.96. The van der Waals surface area contributed by atoms with Crippen LogP contribution in [-0.2, 0) is 10.0 Å². The molecule has 3 aromatic rings. The molecular weight excluding hydrogens is 326 g/mol. The zero-order valence-electron chi connectivity index (χ0n) is 13.8. The van der Waals surface area contributed by atoms with Crippen LogP contribution in [0.2, 0.25) is 0 Å². The molecule has 2 N–H and O–H groups in total. The minimum atomic E-state index is -3.69. The number of fused-ring (bicyclic) bond motifs is 1. The second-order valence-electron chi connectivity index (χ2n) is 5.56. The summed E-state index contributed by atoms with van der Waals surface area (Å²) in [7, 11) is -3.69. The fourth-order valence-electron chi connectivity index (χ4n) is 2.57. The molecule has 0 bridgehead atoms. The number of ether oxygens (including phenoxy) is 1. The second-order valence-corrected chi connectivity index (χ2v) is 7.21. The van der Waals surface area contributed by atoms with Gasteiger partial charge in [-0.25, -0.2) is 13.4 Å². The maximum atomic E-state index is 12.7. The van der Waals surface area contributed by atoms with Crippen LogP contribution in [0, 0.1) is 13.8 Å². The molecule has 0 spiro atoms. The lowest BCUT2D eigenvalue weighted by molar-refractivity contribution is 0.337. The van der Waals surface area contributed by atoms with Crippen LogP contribution in [0.3, 0.4) is 0 Å². The predicted octanol–water partition coefficient (Wildman–Crippen LogP) is 3.38. The lowest BCUT2D eigenvalue weighted by Crippen LogP contribution is -2.14. The van der Waals surface area contributed by atoms with E-state index in [2.05, 4.69) is 14.7 Å². The molecule has 0 amide bonds. The summed E-state index contributed by atoms with van der Waals surface area (Å²) >= 11 is 0. The fraction of sp³-hybridized carbons (Fsp3) is 0.235. The fourth-order valence-corrected chi connectivity index (χ4v) is 3.93. The van der Waals surface area contributed by atoms with Gasteiger partial charge < -0.3 is 9.72 Å². The first kappa shape index (κ1) is 16.3. The third kappa shape index (κ3) is 3.07. The minimum Gasteiger partial charge on any atom is -0.494 e. The van der Waals surface area contributed by atoms with Crippen LogP contribution < -0.4 is 9.46 Å². The highest BCUT2D eigenvalue weighted by Crippen LogP contribution is 2.27. The molecule has 1 heterocycles. The van der Waals surface area contributed by atoms with Gasteiger partial charge in [-0.3, -0.25) is 4.72 Å². The van der Waals surface area contributed by atoms with Crippen molar-refractivity contribution in [2.45, 2.75) is 25.7 Å². The number of hydrogen-bond donors (Lipinski definition) is 2. The normalized spacial score (nSPS) is 11.6. The average molecular weight is 345 g/mol. The number of imidazole rings is 1. The summed E-state index contributed by atoms with van der Waals surface area (Å²) in [4.78, 5) is 7.33. The molecule has 2 aromatic carbocycles. The van der Waals surface area contributed by atoms with Crippen LogP contribution in [-0.4, -0.2) is 25.0 Å². The van der Waals surface area contributed by atoms with Crippen LogP contribution in [0.15, 0.2) is 41.6 Å². The van der Waals surface area contributed by atoms with Gasteiger partial charge in [0.1, 0.15) is 5.75 Å². The highest BCUT2D eigenvalue weighted by molar-refractivity contribution is 7.92. The molecule has 3 rings (SSSR count). The Morgan fingerprint density at radius 1 is 1.17 bits per heavy atom. The number of aromatic nitrogens is 2. The summed E-state index contributed by atoms with van der Waals surface area (Å²) < 4.78 is 33.6. The number of benzene rings is 2. The van der Waals surface area contributed by atoms with Gasteiger partial charge in [0.15, 0.2) is 0 Å². The van der Waals surface area contributed by atoms with Crippen molar-refractivity contribution >= 4 is 26.7 Å². The number of hydrogen-bond acceptors (Lipinski definition) is 4. The molecule has 0 aliphatic heterocycles. The van der Waals surface area contributed by atoms with Crippen molar-refractivity contribution in [3.63, 3.8) is 0 Å². The topological polar surface area (TPSA) is 84.1 Å². The molecule has 0 saturated heterocycles. The van der Waals surface area contributed by atoms with Crippen molar-refractivity contribution in [1.82, 2.24) is 9.97 Å². The zero-order valence-corrected chi connectivity index (χ0v) is 14.6. The number of sulfonamides is 1. The van der Waals surface area contributed by atoms with E-state index < -0.39 is 10.0 Å². The van der Waals surface area contributed by atoms with Crippen molar-refractivity contribution < 1.29 is 13.2 Å². The van der Waals surface area contributed by atoms with Gasteiger partial charge in [0.25, 0.3) is 10.0 Å². The van der Waals surface area contributed by atoms with Gasteiger partial charge in [0.05, 0.1) is 34.6 Å². The molecule has 1 aromatic heterocycles. The van der Waals surface area contributed by atoms with Crippen LogP contribution in [0.1, 0.15) is 18.1 Å². The van der Waals surface area contributed by atoms with Gasteiger partial charge in [-0.15, -0.1) is 0 Å². The third-order valence-electron chi connectivity index (χ3n) is 3.73. The van der Waals surface area contributed by atoms with Crippen molar-refractivity contribution in [3.8, 4) is 5.75 Å². The Bertz CT molecular complexity index is 993. The SMILES string of the molecule is CCOc1cc(C)c(S(=O)(=O)Nc2ccc3nc[nH]c3c2)cc1C. The van der Waals surface area contributed by atoms with E-state index in [-0.39, 0.29) is 4.90 Å². The van der Waals surface area contributed by atoms with Crippen molar-refractivity contribution in [2.24, 2.45) is 0 Å². The quantitative estimate of drug-likeness (QED) is 0.742. The number of aryl methyl sites for hydroxylation is 2. The van der Waals surface area contributed by atoms with Gasteiger partial charge in [0.2, 0.25) is 0 Å². The molecule has 0 atom stereocenters. The zero-order chi connectivity index (χ0) is 17.3. The Kier molecular flexibility index (Phi) is 4.19. The standard InChI is InChI=1S/C17H19N3O3S/c1-4-23-16-7-12(3)17(8-11(16)2)24(21,22)20-13-5-6-14-15(9-13)19-10-18-14/h5-10,20H,4H2,1-3H3,(H,18,19). The van der Waals surface area contributed by atoms with Crippen LogP contribution in [0.4, 0.5) is 5.69 Å². The maximum Gasteiger partial charge on any atom is 0.262 e. The molecule has 0 saturated carbocycles. The van der Waals surface area contributed by atoms with E-state index in [1.54, 1.807) is 43.6 Å². The molecule has 0 aliphatic rings. The van der Waals surface area contributed by atoms with E-state index in [4.69, 9.17) is 4.74 Å². The molecular formula is C17H19N3O3S. The molecule has 24 heavy (non-hydrogen) atoms. The van der Waals surface area contributed by atoms with Gasteiger partial charge in [-0.05, 0) is 62.2 Å². The van der Waals surface area contributed by atoms with Crippen LogP contribution >= 0.6 is 0 Å². The minimum absolute atomic E-state index is 0.244. The van der Waals surface area contributed by atoms with Gasteiger partial charge in [-0.1, -0.05) is 0 Å². The van der Waals surface area contributed by atoms with Crippen LogP contribution in [0.25, 0.3) is 11.0 Å². The Morgan fingerprint density at radius 3 is 2.71 bits per heavy atom. The molecule has 6 nitrogen and oxygen atoms in total. The predicted molar refractivity (Wildman–Crippen MR) is 94.0 cm³/mol. The number of H-pyrrole nitrogens is 1. The summed E-state index contributed by atoms with van der Waals surface area (Å²) in [6, 6.07) is 8.57. The first-order valence-electron chi connectivity index (χ1n) is 7.60. The first-order chi connectivity index (χ1) is 11.4. The van der Waals surface area contributed by atoms with Gasteiger partial charge in [-0.2, -0.15) is 0 Å². The molecule has 0 fully saturated rings. The molecule has 0 unspecified atom stereocenters. The number of nitrogens with zero attached hydrogens (tertiary/aromatic N) is 1. The average Bonchev–Trinajstić information content (AvgIpc) is 2.98. The molecule has 0 aliphatic carbocycles. The number of nitrogens with one attached hydrogen (secondary N) is 2. The van der Waals surface area contributed by atoms with Crippen LogP contribution in [0.5, 0.6) is 5.75 Å². The number of rotatable bonds is 5. The molecule has 126 valence electrons. The summed E-state index contributed by atoms with van der Waals surface area (Å²) in [5.74, 6) is 0.702. The van der Waals surface area contributed by atoms with E-state index >= 15 is 0 Å². The van der Waals surface area contributed by atoms with E-state index in [0.29, 0.717) is 23.6 Å². The summed E-state index contributed by atoms with van der Waals surface area (Å²) in [6.45, 7) is 6.02. The lowest BCUT2D eigenvalue weighted by atomic mass is 10.1. The highest BCUT2D eigenvalue weighted by atomic mass is 32.2. The highest BCUT2D eigenvalue weighted by Gasteiger charge is 2.19. The summed E-state index contributed by atoms with van der Waals surface area (Å²) in [5.41, 5.74) is 3.46. The van der Waals surface area contributed by atoms with E-state index in [1.807, 2.05) is 13.8 Å². The summed E-state index contributed by atoms with van der Waals surface area (Å²) in [5, 5.41) is 0. The number of aromatic amines is 1. The van der Waals surface area contributed by atoms with Crippen molar-refractivity contribution in [3.05, 3.63) is 47.8 Å². The Hall–Kier alpha value is -2.54. The largest absolute Gasteiger partial charge is 0.494 e. The Morgan fingerprint density at radius 2 is 1.96 bits per heavy atom. The van der Waals surface area contributed by atoms with Gasteiger partial charge >= 0.3 is 0 Å². The smallest absolute Gasteiger partial charge is 0.262 e. The second kappa shape index (κ2) is 6.16. The van der Waals surface area contributed by atoms with E-state index in [0.717, 1.165) is 16.6 Å². The monoisotopic (exact) mass is 345 g/mol. The Labute approximate surface area is 140 Å². The van der Waals surface area contributed by atoms with Crippen molar-refractivity contribution in [1.29, 1.82) is 0 Å². The molecule has 0 radical (unpaired) electrons. The third-order valence-corrected chi connectivity index (χ3v) is 5.26. The molecule has 7 heteroatoms. The summed E-state index contributed by atoms with van der Waals surface area (Å²) in [6.07, 6.45) is 1.57. The van der Waals surface area contributed by atoms with Crippen molar-refractivity contribution in [2.75, 3.05) is 11.3 Å². The maximum absolute atomic E-state index is 12.7.